The van der Waals surface area contributed by atoms with Crippen LogP contribution in [0.3, 0.4) is 0 Å². The van der Waals surface area contributed by atoms with Crippen LogP contribution in [0.15, 0.2) is 24.3 Å². The lowest BCUT2D eigenvalue weighted by Crippen LogP contribution is -2.48. The van der Waals surface area contributed by atoms with Gasteiger partial charge < -0.3 is 19.6 Å². The van der Waals surface area contributed by atoms with Gasteiger partial charge in [0.25, 0.3) is 5.91 Å². The minimum Gasteiger partial charge on any atom is -0.497 e. The SMILES string of the molecule is COc1ccc(N2CCCN(C(=O)C3(O)CCCC3)CC2)cc1. The minimum absolute atomic E-state index is 0.0634. The maximum absolute atomic E-state index is 12.6. The van der Waals surface area contributed by atoms with Crippen LogP contribution in [-0.2, 0) is 4.79 Å². The minimum atomic E-state index is -1.10. The van der Waals surface area contributed by atoms with Gasteiger partial charge in [-0.15, -0.1) is 0 Å². The Morgan fingerprint density at radius 3 is 2.39 bits per heavy atom. The molecule has 1 saturated carbocycles. The zero-order valence-electron chi connectivity index (χ0n) is 13.8. The highest BCUT2D eigenvalue weighted by molar-refractivity contribution is 5.85. The van der Waals surface area contributed by atoms with Gasteiger partial charge in [-0.25, -0.2) is 0 Å². The van der Waals surface area contributed by atoms with E-state index in [1.54, 1.807) is 7.11 Å². The third-order valence-electron chi connectivity index (χ3n) is 5.05. The third-order valence-corrected chi connectivity index (χ3v) is 5.05. The summed E-state index contributed by atoms with van der Waals surface area (Å²) in [6.07, 6.45) is 4.06. The Balaban J connectivity index is 1.63. The van der Waals surface area contributed by atoms with Gasteiger partial charge >= 0.3 is 0 Å². The van der Waals surface area contributed by atoms with Crippen LogP contribution in [0.25, 0.3) is 0 Å². The van der Waals surface area contributed by atoms with E-state index < -0.39 is 5.60 Å². The van der Waals surface area contributed by atoms with Gasteiger partial charge in [-0.05, 0) is 56.4 Å². The van der Waals surface area contributed by atoms with Crippen molar-refractivity contribution < 1.29 is 14.6 Å². The molecule has 5 nitrogen and oxygen atoms in total. The molecule has 2 fully saturated rings. The maximum Gasteiger partial charge on any atom is 0.254 e. The molecule has 1 heterocycles. The first-order valence-corrected chi connectivity index (χ1v) is 8.53. The van der Waals surface area contributed by atoms with Crippen LogP contribution in [-0.4, -0.2) is 54.8 Å². The lowest BCUT2D eigenvalue weighted by Gasteiger charge is -2.30. The van der Waals surface area contributed by atoms with Crippen LogP contribution in [0.2, 0.25) is 0 Å². The summed E-state index contributed by atoms with van der Waals surface area (Å²) in [5, 5.41) is 10.5. The number of aliphatic hydroxyl groups is 1. The first kappa shape index (κ1) is 16.1. The average molecular weight is 318 g/mol. The number of nitrogens with zero attached hydrogens (tertiary/aromatic N) is 2. The van der Waals surface area contributed by atoms with Crippen molar-refractivity contribution in [2.24, 2.45) is 0 Å². The average Bonchev–Trinajstić information content (AvgIpc) is 2.89. The van der Waals surface area contributed by atoms with Crippen LogP contribution in [0.5, 0.6) is 5.75 Å². The van der Waals surface area contributed by atoms with Crippen LogP contribution >= 0.6 is 0 Å². The summed E-state index contributed by atoms with van der Waals surface area (Å²) in [6, 6.07) is 8.04. The second-order valence-corrected chi connectivity index (χ2v) is 6.57. The van der Waals surface area contributed by atoms with Crippen molar-refractivity contribution in [2.75, 3.05) is 38.2 Å². The summed E-state index contributed by atoms with van der Waals surface area (Å²) in [7, 11) is 1.66. The predicted molar refractivity (Wildman–Crippen MR) is 89.8 cm³/mol. The molecule has 0 bridgehead atoms. The summed E-state index contributed by atoms with van der Waals surface area (Å²) in [4.78, 5) is 16.8. The highest BCUT2D eigenvalue weighted by Crippen LogP contribution is 2.31. The smallest absolute Gasteiger partial charge is 0.254 e. The van der Waals surface area contributed by atoms with Crippen LogP contribution < -0.4 is 9.64 Å². The lowest BCUT2D eigenvalue weighted by molar-refractivity contribution is -0.150. The zero-order valence-corrected chi connectivity index (χ0v) is 13.8. The highest BCUT2D eigenvalue weighted by atomic mass is 16.5. The number of amides is 1. The molecule has 5 heteroatoms. The van der Waals surface area contributed by atoms with Gasteiger partial charge in [0.05, 0.1) is 7.11 Å². The van der Waals surface area contributed by atoms with Crippen molar-refractivity contribution in [1.82, 2.24) is 4.90 Å². The standard InChI is InChI=1S/C18H26N2O3/c1-23-16-7-5-15(6-8-16)19-11-4-12-20(14-13-19)17(21)18(22)9-2-3-10-18/h5-8,22H,2-4,9-14H2,1H3. The molecule has 2 aliphatic rings. The predicted octanol–water partition coefficient (Wildman–Crippen LogP) is 2.04. The molecular weight excluding hydrogens is 292 g/mol. The van der Waals surface area contributed by atoms with E-state index in [0.717, 1.165) is 50.3 Å². The van der Waals surface area contributed by atoms with E-state index in [1.165, 1.54) is 0 Å². The summed E-state index contributed by atoms with van der Waals surface area (Å²) in [5.74, 6) is 0.787. The molecule has 1 aliphatic heterocycles. The number of methoxy groups -OCH3 is 1. The monoisotopic (exact) mass is 318 g/mol. The lowest BCUT2D eigenvalue weighted by atomic mass is 10.0. The first-order valence-electron chi connectivity index (χ1n) is 8.53. The molecule has 3 rings (SSSR count). The second-order valence-electron chi connectivity index (χ2n) is 6.57. The van der Waals surface area contributed by atoms with E-state index in [-0.39, 0.29) is 5.91 Å². The van der Waals surface area contributed by atoms with E-state index in [9.17, 15) is 9.90 Å². The Kier molecular flexibility index (Phi) is 4.76. The van der Waals surface area contributed by atoms with Gasteiger partial charge in [-0.2, -0.15) is 0 Å². The summed E-state index contributed by atoms with van der Waals surface area (Å²) < 4.78 is 5.20. The van der Waals surface area contributed by atoms with Crippen LogP contribution in [0.1, 0.15) is 32.1 Å². The normalized spacial score (nSPS) is 21.1. The number of carbonyl (C=O) groups is 1. The molecule has 126 valence electrons. The summed E-state index contributed by atoms with van der Waals surface area (Å²) >= 11 is 0. The summed E-state index contributed by atoms with van der Waals surface area (Å²) in [6.45, 7) is 3.13. The van der Waals surface area contributed by atoms with E-state index in [2.05, 4.69) is 17.0 Å². The first-order chi connectivity index (χ1) is 11.1. The molecule has 0 spiro atoms. The van der Waals surface area contributed by atoms with Gasteiger partial charge in [0.15, 0.2) is 0 Å². The van der Waals surface area contributed by atoms with E-state index >= 15 is 0 Å². The second kappa shape index (κ2) is 6.79. The summed E-state index contributed by atoms with van der Waals surface area (Å²) in [5.41, 5.74) is 0.0506. The van der Waals surface area contributed by atoms with Gasteiger partial charge in [-0.3, -0.25) is 4.79 Å². The number of anilines is 1. The largest absolute Gasteiger partial charge is 0.497 e. The third kappa shape index (κ3) is 3.44. The fourth-order valence-corrected chi connectivity index (χ4v) is 3.64. The van der Waals surface area contributed by atoms with Gasteiger partial charge in [0.1, 0.15) is 11.4 Å². The highest BCUT2D eigenvalue weighted by Gasteiger charge is 2.41. The van der Waals surface area contributed by atoms with E-state index in [0.29, 0.717) is 19.4 Å². The van der Waals surface area contributed by atoms with Gasteiger partial charge in [0, 0.05) is 31.9 Å². The van der Waals surface area contributed by atoms with Crippen LogP contribution in [0, 0.1) is 0 Å². The van der Waals surface area contributed by atoms with Crippen molar-refractivity contribution in [3.63, 3.8) is 0 Å². The topological polar surface area (TPSA) is 53.0 Å². The Bertz CT molecular complexity index is 538. The Hall–Kier alpha value is -1.75. The molecule has 23 heavy (non-hydrogen) atoms. The molecular formula is C18H26N2O3. The maximum atomic E-state index is 12.6. The molecule has 1 amide bonds. The molecule has 0 radical (unpaired) electrons. The fourth-order valence-electron chi connectivity index (χ4n) is 3.64. The Morgan fingerprint density at radius 2 is 1.74 bits per heavy atom. The molecule has 1 N–H and O–H groups in total. The molecule has 1 aliphatic carbocycles. The molecule has 0 unspecified atom stereocenters. The van der Waals surface area contributed by atoms with Crippen molar-refractivity contribution in [2.45, 2.75) is 37.7 Å². The van der Waals surface area contributed by atoms with Gasteiger partial charge in [-0.1, -0.05) is 0 Å². The van der Waals surface area contributed by atoms with E-state index in [4.69, 9.17) is 4.74 Å². The van der Waals surface area contributed by atoms with Gasteiger partial charge in [0.2, 0.25) is 0 Å². The number of benzene rings is 1. The Morgan fingerprint density at radius 1 is 1.04 bits per heavy atom. The molecule has 1 aromatic rings. The van der Waals surface area contributed by atoms with Crippen molar-refractivity contribution in [3.8, 4) is 5.75 Å². The number of ether oxygens (including phenoxy) is 1. The van der Waals surface area contributed by atoms with E-state index in [1.807, 2.05) is 17.0 Å². The number of hydrogen-bond acceptors (Lipinski definition) is 4. The molecule has 1 aromatic carbocycles. The quantitative estimate of drug-likeness (QED) is 0.927. The molecule has 0 aromatic heterocycles. The van der Waals surface area contributed by atoms with Crippen molar-refractivity contribution in [1.29, 1.82) is 0 Å². The Labute approximate surface area is 137 Å². The van der Waals surface area contributed by atoms with Crippen molar-refractivity contribution >= 4 is 11.6 Å². The number of hydrogen-bond donors (Lipinski definition) is 1. The zero-order chi connectivity index (χ0) is 16.3. The van der Waals surface area contributed by atoms with Crippen molar-refractivity contribution in [3.05, 3.63) is 24.3 Å². The fraction of sp³-hybridized carbons (Fsp3) is 0.611. The molecule has 0 atom stereocenters. The van der Waals surface area contributed by atoms with Crippen LogP contribution in [0.4, 0.5) is 5.69 Å². The number of carbonyl (C=O) groups excluding carboxylic acids is 1. The number of rotatable bonds is 3. The molecule has 1 saturated heterocycles.